The molecule has 1 heterocycles. The number of hydrogen-bond acceptors (Lipinski definition) is 4. The van der Waals surface area contributed by atoms with Crippen molar-refractivity contribution in [2.45, 2.75) is 43.4 Å². The Morgan fingerprint density at radius 1 is 0.970 bits per heavy atom. The Morgan fingerprint density at radius 2 is 1.67 bits per heavy atom. The molecule has 0 aromatic heterocycles. The number of carbonyl (C=O) groups excluding carboxylic acids is 1. The molecule has 4 rings (SSSR count). The van der Waals surface area contributed by atoms with Crippen molar-refractivity contribution in [1.29, 1.82) is 0 Å². The van der Waals surface area contributed by atoms with Gasteiger partial charge < -0.3 is 0 Å². The topological polar surface area (TPSA) is 66.5 Å². The van der Waals surface area contributed by atoms with Crippen molar-refractivity contribution in [3.8, 4) is 0 Å². The van der Waals surface area contributed by atoms with E-state index in [1.54, 1.807) is 29.2 Å². The van der Waals surface area contributed by atoms with Crippen LogP contribution in [0.1, 0.15) is 42.8 Å². The highest BCUT2D eigenvalue weighted by Crippen LogP contribution is 2.42. The number of thioether (sulfide) groups is 1. The lowest BCUT2D eigenvalue weighted by Gasteiger charge is -2.25. The Morgan fingerprint density at radius 3 is 2.33 bits per heavy atom. The second kappa shape index (κ2) is 8.88. The van der Waals surface area contributed by atoms with E-state index >= 15 is 0 Å². The first-order valence-electron chi connectivity index (χ1n) is 10.8. The summed E-state index contributed by atoms with van der Waals surface area (Å²) in [7, 11) is -3.74. The average Bonchev–Trinajstić information content (AvgIpc) is 3.14. The van der Waals surface area contributed by atoms with Crippen LogP contribution in [0.5, 0.6) is 0 Å². The molecule has 0 saturated carbocycles. The van der Waals surface area contributed by atoms with Gasteiger partial charge in [0.25, 0.3) is 10.0 Å². The molecule has 5 nitrogen and oxygen atoms in total. The van der Waals surface area contributed by atoms with Gasteiger partial charge in [0.2, 0.25) is 5.91 Å². The number of nitrogens with zero attached hydrogens (tertiary/aromatic N) is 1. The first-order valence-corrected chi connectivity index (χ1v) is 13.3. The van der Waals surface area contributed by atoms with Crippen molar-refractivity contribution < 1.29 is 13.2 Å². The van der Waals surface area contributed by atoms with Crippen LogP contribution in [0.2, 0.25) is 0 Å². The number of anilines is 2. The van der Waals surface area contributed by atoms with E-state index in [0.29, 0.717) is 11.4 Å². The summed E-state index contributed by atoms with van der Waals surface area (Å²) in [4.78, 5) is 14.7. The highest BCUT2D eigenvalue weighted by atomic mass is 32.2. The van der Waals surface area contributed by atoms with Gasteiger partial charge in [0.1, 0.15) is 5.37 Å². The summed E-state index contributed by atoms with van der Waals surface area (Å²) in [6.07, 6.45) is 0. The van der Waals surface area contributed by atoms with Crippen LogP contribution in [0.15, 0.2) is 77.7 Å². The minimum atomic E-state index is -3.74. The Balaban J connectivity index is 1.59. The summed E-state index contributed by atoms with van der Waals surface area (Å²) >= 11 is 1.54. The van der Waals surface area contributed by atoms with Gasteiger partial charge in [-0.3, -0.25) is 14.4 Å². The van der Waals surface area contributed by atoms with Gasteiger partial charge in [0, 0.05) is 11.4 Å². The largest absolute Gasteiger partial charge is 0.295 e. The summed E-state index contributed by atoms with van der Waals surface area (Å²) in [5.74, 6) is 0.426. The van der Waals surface area contributed by atoms with Crippen LogP contribution >= 0.6 is 11.8 Å². The molecule has 1 N–H and O–H groups in total. The normalized spacial score (nSPS) is 16.8. The Labute approximate surface area is 200 Å². The van der Waals surface area contributed by atoms with Gasteiger partial charge in [-0.1, -0.05) is 57.2 Å². The lowest BCUT2D eigenvalue weighted by Crippen LogP contribution is -2.27. The van der Waals surface area contributed by atoms with Crippen LogP contribution in [0, 0.1) is 6.92 Å². The molecule has 0 aliphatic carbocycles. The highest BCUT2D eigenvalue weighted by molar-refractivity contribution is 8.00. The monoisotopic (exact) mass is 480 g/mol. The molecular formula is C26H28N2O3S2. The van der Waals surface area contributed by atoms with E-state index in [1.165, 1.54) is 11.8 Å². The van der Waals surface area contributed by atoms with Crippen molar-refractivity contribution >= 4 is 39.1 Å². The fourth-order valence-corrected chi connectivity index (χ4v) is 6.05. The number of amides is 1. The van der Waals surface area contributed by atoms with Crippen molar-refractivity contribution in [3.63, 3.8) is 0 Å². The van der Waals surface area contributed by atoms with Gasteiger partial charge >= 0.3 is 0 Å². The number of hydrogen-bond donors (Lipinski definition) is 1. The fraction of sp³-hybridized carbons (Fsp3) is 0.269. The van der Waals surface area contributed by atoms with Crippen molar-refractivity contribution in [1.82, 2.24) is 0 Å². The van der Waals surface area contributed by atoms with Gasteiger partial charge in [0.15, 0.2) is 0 Å². The molecule has 1 fully saturated rings. The third kappa shape index (κ3) is 5.09. The van der Waals surface area contributed by atoms with Crippen LogP contribution < -0.4 is 9.62 Å². The lowest BCUT2D eigenvalue weighted by atomic mass is 9.87. The molecule has 1 amide bonds. The van der Waals surface area contributed by atoms with E-state index in [9.17, 15) is 13.2 Å². The second-order valence-electron chi connectivity index (χ2n) is 9.27. The zero-order valence-corrected chi connectivity index (χ0v) is 20.8. The number of rotatable bonds is 5. The van der Waals surface area contributed by atoms with E-state index in [-0.39, 0.29) is 21.6 Å². The molecule has 1 saturated heterocycles. The Kier molecular flexibility index (Phi) is 6.29. The standard InChI is InChI=1S/C26H28N2O3S2/c1-18-7-5-10-22(15-18)28-24(29)17-32-25(28)19-8-6-9-21(16-19)27-33(30,31)23-13-11-20(12-14-23)26(2,3)4/h5-16,25,27H,17H2,1-4H3/t25-/m1/s1. The average molecular weight is 481 g/mol. The summed E-state index contributed by atoms with van der Waals surface area (Å²) in [5, 5.41) is -0.213. The molecule has 0 radical (unpaired) electrons. The zero-order chi connectivity index (χ0) is 23.8. The van der Waals surface area contributed by atoms with Crippen molar-refractivity contribution in [2.75, 3.05) is 15.4 Å². The summed E-state index contributed by atoms with van der Waals surface area (Å²) in [5.41, 5.74) is 4.29. The lowest BCUT2D eigenvalue weighted by molar-refractivity contribution is -0.115. The van der Waals surface area contributed by atoms with E-state index in [1.807, 2.05) is 55.5 Å². The maximum Gasteiger partial charge on any atom is 0.261 e. The predicted molar refractivity (Wildman–Crippen MR) is 136 cm³/mol. The maximum absolute atomic E-state index is 13.0. The zero-order valence-electron chi connectivity index (χ0n) is 19.2. The molecule has 3 aromatic carbocycles. The van der Waals surface area contributed by atoms with Crippen molar-refractivity contribution in [3.05, 3.63) is 89.5 Å². The third-order valence-electron chi connectivity index (χ3n) is 5.60. The minimum Gasteiger partial charge on any atom is -0.295 e. The molecule has 33 heavy (non-hydrogen) atoms. The maximum atomic E-state index is 13.0. The molecule has 0 bridgehead atoms. The molecule has 0 spiro atoms. The number of benzene rings is 3. The molecular weight excluding hydrogens is 452 g/mol. The number of nitrogens with one attached hydrogen (secondary N) is 1. The summed E-state index contributed by atoms with van der Waals surface area (Å²) in [6, 6.07) is 22.1. The van der Waals surface area contributed by atoms with Crippen molar-refractivity contribution in [2.24, 2.45) is 0 Å². The van der Waals surface area contributed by atoms with Crippen LogP contribution in [-0.4, -0.2) is 20.1 Å². The number of carbonyl (C=O) groups is 1. The number of aryl methyl sites for hydroxylation is 1. The Hall–Kier alpha value is -2.77. The van der Waals surface area contributed by atoms with Gasteiger partial charge in [-0.2, -0.15) is 0 Å². The van der Waals surface area contributed by atoms with E-state index in [4.69, 9.17) is 0 Å². The quantitative estimate of drug-likeness (QED) is 0.496. The molecule has 0 unspecified atom stereocenters. The molecule has 172 valence electrons. The summed E-state index contributed by atoms with van der Waals surface area (Å²) in [6.45, 7) is 8.26. The van der Waals surface area contributed by atoms with Gasteiger partial charge in [-0.15, -0.1) is 11.8 Å². The SMILES string of the molecule is Cc1cccc(N2C(=O)CS[C@@H]2c2cccc(NS(=O)(=O)c3ccc(C(C)(C)C)cc3)c2)c1. The first kappa shape index (κ1) is 23.4. The van der Waals surface area contributed by atoms with Crippen LogP contribution in [0.4, 0.5) is 11.4 Å². The van der Waals surface area contributed by atoms with Crippen LogP contribution in [0.3, 0.4) is 0 Å². The van der Waals surface area contributed by atoms with Gasteiger partial charge in [-0.25, -0.2) is 8.42 Å². The third-order valence-corrected chi connectivity index (χ3v) is 8.21. The molecule has 3 aromatic rings. The predicted octanol–water partition coefficient (Wildman–Crippen LogP) is 5.87. The summed E-state index contributed by atoms with van der Waals surface area (Å²) < 4.78 is 28.7. The van der Waals surface area contributed by atoms with Crippen LogP contribution in [0.25, 0.3) is 0 Å². The molecule has 1 aliphatic rings. The second-order valence-corrected chi connectivity index (χ2v) is 12.0. The molecule has 1 atom stereocenters. The molecule has 7 heteroatoms. The highest BCUT2D eigenvalue weighted by Gasteiger charge is 2.34. The first-order chi connectivity index (χ1) is 15.5. The van der Waals surface area contributed by atoms with E-state index in [0.717, 1.165) is 22.4 Å². The van der Waals surface area contributed by atoms with E-state index < -0.39 is 10.0 Å². The van der Waals surface area contributed by atoms with Gasteiger partial charge in [0.05, 0.1) is 10.6 Å². The fourth-order valence-electron chi connectivity index (χ4n) is 3.83. The minimum absolute atomic E-state index is 0.0421. The smallest absolute Gasteiger partial charge is 0.261 e. The molecule has 1 aliphatic heterocycles. The Bertz CT molecular complexity index is 1280. The van der Waals surface area contributed by atoms with Gasteiger partial charge in [-0.05, 0) is 65.4 Å². The van der Waals surface area contributed by atoms with E-state index in [2.05, 4.69) is 25.5 Å². The van der Waals surface area contributed by atoms with Crippen LogP contribution in [-0.2, 0) is 20.2 Å². The number of sulfonamides is 1.